The lowest BCUT2D eigenvalue weighted by molar-refractivity contribution is 0.101. The summed E-state index contributed by atoms with van der Waals surface area (Å²) in [5.74, 6) is -0.0968. The predicted octanol–water partition coefficient (Wildman–Crippen LogP) is 4.69. The number of amides is 1. The number of aryl methyl sites for hydroxylation is 1. The number of hydrogen-bond donors (Lipinski definition) is 0. The highest BCUT2D eigenvalue weighted by Crippen LogP contribution is 2.27. The van der Waals surface area contributed by atoms with Crippen molar-refractivity contribution < 1.29 is 17.9 Å². The second-order valence-electron chi connectivity index (χ2n) is 6.09. The van der Waals surface area contributed by atoms with Crippen LogP contribution in [-0.2, 0) is 10.0 Å². The quantitative estimate of drug-likeness (QED) is 0.606. The van der Waals surface area contributed by atoms with E-state index in [2.05, 4.69) is 0 Å². The molecule has 0 unspecified atom stereocenters. The van der Waals surface area contributed by atoms with Crippen molar-refractivity contribution in [1.29, 1.82) is 0 Å². The van der Waals surface area contributed by atoms with E-state index in [9.17, 15) is 13.2 Å². The minimum Gasteiger partial charge on any atom is -0.497 e. The van der Waals surface area contributed by atoms with Crippen LogP contribution in [-0.4, -0.2) is 21.4 Å². The molecule has 0 radical (unpaired) electrons. The summed E-state index contributed by atoms with van der Waals surface area (Å²) >= 11 is 5.88. The highest BCUT2D eigenvalue weighted by atomic mass is 35.5. The molecule has 144 valence electrons. The van der Waals surface area contributed by atoms with Gasteiger partial charge in [0.15, 0.2) is 0 Å². The molecule has 0 aliphatic heterocycles. The maximum absolute atomic E-state index is 13.3. The molecule has 0 aliphatic rings. The van der Waals surface area contributed by atoms with Gasteiger partial charge in [0.1, 0.15) is 5.75 Å². The second kappa shape index (κ2) is 8.04. The summed E-state index contributed by atoms with van der Waals surface area (Å²) in [5.41, 5.74) is 1.42. The van der Waals surface area contributed by atoms with E-state index in [0.717, 1.165) is 9.87 Å². The van der Waals surface area contributed by atoms with Crippen LogP contribution in [0.25, 0.3) is 0 Å². The summed E-state index contributed by atoms with van der Waals surface area (Å²) < 4.78 is 32.5. The fraction of sp³-hybridized carbons (Fsp3) is 0.0952. The number of benzene rings is 3. The van der Waals surface area contributed by atoms with Gasteiger partial charge in [0.25, 0.3) is 15.9 Å². The van der Waals surface area contributed by atoms with Crippen LogP contribution in [0.4, 0.5) is 5.69 Å². The van der Waals surface area contributed by atoms with E-state index in [1.807, 2.05) is 6.92 Å². The van der Waals surface area contributed by atoms with E-state index >= 15 is 0 Å². The maximum atomic E-state index is 13.3. The molecule has 0 N–H and O–H groups in total. The summed E-state index contributed by atoms with van der Waals surface area (Å²) in [6, 6.07) is 18.7. The molecule has 0 spiro atoms. The molecule has 0 aliphatic carbocycles. The number of anilines is 1. The average Bonchev–Trinajstić information content (AvgIpc) is 2.70. The van der Waals surface area contributed by atoms with Gasteiger partial charge in [-0.15, -0.1) is 0 Å². The highest BCUT2D eigenvalue weighted by Gasteiger charge is 2.31. The standard InChI is InChI=1S/C21H18ClNO4S/c1-15-3-9-18(10-4-15)23(21(24)16-5-11-19(27-2)12-6-16)28(25,26)20-13-7-17(22)8-14-20/h3-14H,1-2H3. The zero-order valence-electron chi connectivity index (χ0n) is 15.3. The van der Waals surface area contributed by atoms with Crippen molar-refractivity contribution in [2.45, 2.75) is 11.8 Å². The van der Waals surface area contributed by atoms with Crippen LogP contribution < -0.4 is 9.04 Å². The van der Waals surface area contributed by atoms with Gasteiger partial charge in [-0.1, -0.05) is 29.3 Å². The van der Waals surface area contributed by atoms with Crippen LogP contribution in [0.3, 0.4) is 0 Å². The van der Waals surface area contributed by atoms with Gasteiger partial charge in [-0.3, -0.25) is 4.79 Å². The smallest absolute Gasteiger partial charge is 0.272 e. The summed E-state index contributed by atoms with van der Waals surface area (Å²) in [4.78, 5) is 13.2. The van der Waals surface area contributed by atoms with E-state index in [1.165, 1.54) is 43.5 Å². The number of rotatable bonds is 5. The highest BCUT2D eigenvalue weighted by molar-refractivity contribution is 7.93. The topological polar surface area (TPSA) is 63.7 Å². The number of hydrogen-bond acceptors (Lipinski definition) is 4. The van der Waals surface area contributed by atoms with E-state index in [1.54, 1.807) is 36.4 Å². The molecule has 3 aromatic carbocycles. The van der Waals surface area contributed by atoms with Crippen LogP contribution >= 0.6 is 11.6 Å². The lowest BCUT2D eigenvalue weighted by Crippen LogP contribution is -2.37. The molecule has 1 amide bonds. The largest absolute Gasteiger partial charge is 0.497 e. The Balaban J connectivity index is 2.12. The van der Waals surface area contributed by atoms with Gasteiger partial charge in [0.05, 0.1) is 17.7 Å². The van der Waals surface area contributed by atoms with Crippen molar-refractivity contribution in [3.05, 3.63) is 88.9 Å². The van der Waals surface area contributed by atoms with Crippen molar-refractivity contribution in [2.75, 3.05) is 11.4 Å². The first kappa shape index (κ1) is 19.9. The third-order valence-electron chi connectivity index (χ3n) is 4.14. The zero-order valence-corrected chi connectivity index (χ0v) is 16.9. The van der Waals surface area contributed by atoms with Gasteiger partial charge in [-0.25, -0.2) is 8.42 Å². The molecule has 0 atom stereocenters. The minimum atomic E-state index is -4.15. The van der Waals surface area contributed by atoms with Gasteiger partial charge >= 0.3 is 0 Å². The van der Waals surface area contributed by atoms with Gasteiger partial charge in [0, 0.05) is 10.6 Å². The van der Waals surface area contributed by atoms with Gasteiger partial charge in [-0.2, -0.15) is 4.31 Å². The Bertz CT molecular complexity index is 1080. The molecular weight excluding hydrogens is 398 g/mol. The van der Waals surface area contributed by atoms with E-state index in [-0.39, 0.29) is 16.1 Å². The molecule has 0 aromatic heterocycles. The van der Waals surface area contributed by atoms with Crippen molar-refractivity contribution in [1.82, 2.24) is 0 Å². The summed E-state index contributed by atoms with van der Waals surface area (Å²) in [6.45, 7) is 1.88. The average molecular weight is 416 g/mol. The summed E-state index contributed by atoms with van der Waals surface area (Å²) in [5, 5.41) is 0.405. The molecule has 0 heterocycles. The number of methoxy groups -OCH3 is 1. The Morgan fingerprint density at radius 1 is 0.893 bits per heavy atom. The minimum absolute atomic E-state index is 0.0284. The maximum Gasteiger partial charge on any atom is 0.272 e. The second-order valence-corrected chi connectivity index (χ2v) is 8.32. The van der Waals surface area contributed by atoms with Crippen LogP contribution in [0.2, 0.25) is 5.02 Å². The van der Waals surface area contributed by atoms with Gasteiger partial charge in [-0.05, 0) is 67.6 Å². The Labute approximate surface area is 169 Å². The lowest BCUT2D eigenvalue weighted by Gasteiger charge is -2.23. The number of sulfonamides is 1. The number of carbonyl (C=O) groups excluding carboxylic acids is 1. The molecule has 7 heteroatoms. The Kier molecular flexibility index (Phi) is 5.72. The van der Waals surface area contributed by atoms with Crippen molar-refractivity contribution >= 4 is 33.2 Å². The van der Waals surface area contributed by atoms with Crippen LogP contribution in [0, 0.1) is 6.92 Å². The van der Waals surface area contributed by atoms with E-state index in [0.29, 0.717) is 10.8 Å². The molecular formula is C21H18ClNO4S. The molecule has 0 saturated carbocycles. The van der Waals surface area contributed by atoms with Gasteiger partial charge < -0.3 is 4.74 Å². The summed E-state index contributed by atoms with van der Waals surface area (Å²) in [6.07, 6.45) is 0. The third-order valence-corrected chi connectivity index (χ3v) is 6.12. The zero-order chi connectivity index (χ0) is 20.3. The first-order valence-corrected chi connectivity index (χ1v) is 10.2. The molecule has 0 fully saturated rings. The van der Waals surface area contributed by atoms with Crippen molar-refractivity contribution in [2.24, 2.45) is 0 Å². The Hall–Kier alpha value is -2.83. The number of nitrogens with zero attached hydrogens (tertiary/aromatic N) is 1. The Morgan fingerprint density at radius 2 is 1.46 bits per heavy atom. The number of carbonyl (C=O) groups is 1. The van der Waals surface area contributed by atoms with Crippen LogP contribution in [0.1, 0.15) is 15.9 Å². The fourth-order valence-electron chi connectivity index (χ4n) is 2.61. The van der Waals surface area contributed by atoms with E-state index in [4.69, 9.17) is 16.3 Å². The van der Waals surface area contributed by atoms with E-state index < -0.39 is 15.9 Å². The number of halogens is 1. The third kappa shape index (κ3) is 4.03. The molecule has 28 heavy (non-hydrogen) atoms. The predicted molar refractivity (Wildman–Crippen MR) is 110 cm³/mol. The summed E-state index contributed by atoms with van der Waals surface area (Å²) in [7, 11) is -2.64. The number of ether oxygens (including phenoxy) is 1. The normalized spacial score (nSPS) is 11.1. The molecule has 5 nitrogen and oxygen atoms in total. The monoisotopic (exact) mass is 415 g/mol. The molecule has 0 bridgehead atoms. The first-order chi connectivity index (χ1) is 13.3. The molecule has 3 aromatic rings. The first-order valence-electron chi connectivity index (χ1n) is 8.39. The molecule has 3 rings (SSSR count). The lowest BCUT2D eigenvalue weighted by atomic mass is 10.2. The fourth-order valence-corrected chi connectivity index (χ4v) is 4.15. The SMILES string of the molecule is COc1ccc(C(=O)N(c2ccc(C)cc2)S(=O)(=O)c2ccc(Cl)cc2)cc1. The Morgan fingerprint density at radius 3 is 2.00 bits per heavy atom. The van der Waals surface area contributed by atoms with Crippen LogP contribution in [0.5, 0.6) is 5.75 Å². The van der Waals surface area contributed by atoms with Crippen molar-refractivity contribution in [3.8, 4) is 5.75 Å². The van der Waals surface area contributed by atoms with Gasteiger partial charge in [0.2, 0.25) is 0 Å². The van der Waals surface area contributed by atoms with Crippen molar-refractivity contribution in [3.63, 3.8) is 0 Å². The van der Waals surface area contributed by atoms with Crippen LogP contribution in [0.15, 0.2) is 77.7 Å². The molecule has 0 saturated heterocycles.